The highest BCUT2D eigenvalue weighted by Gasteiger charge is 2.37. The van der Waals surface area contributed by atoms with Crippen molar-refractivity contribution in [1.29, 1.82) is 0 Å². The second kappa shape index (κ2) is 11.2. The number of carbonyl (C=O) groups excluding carboxylic acids is 3. The van der Waals surface area contributed by atoms with Crippen molar-refractivity contribution < 1.29 is 19.1 Å². The molecule has 2 aromatic rings. The van der Waals surface area contributed by atoms with Crippen molar-refractivity contribution in [2.45, 2.75) is 55.8 Å². The lowest BCUT2D eigenvalue weighted by Crippen LogP contribution is -2.54. The Balaban J connectivity index is 1.44. The molecule has 3 amide bonds. The number of urea groups is 1. The van der Waals surface area contributed by atoms with E-state index in [0.29, 0.717) is 24.8 Å². The fourth-order valence-electron chi connectivity index (χ4n) is 4.69. The summed E-state index contributed by atoms with van der Waals surface area (Å²) in [6, 6.07) is 8.34. The van der Waals surface area contributed by atoms with Crippen LogP contribution in [0.3, 0.4) is 0 Å². The van der Waals surface area contributed by atoms with Crippen LogP contribution in [0, 0.1) is 0 Å². The summed E-state index contributed by atoms with van der Waals surface area (Å²) in [7, 11) is 0. The molecule has 1 aliphatic carbocycles. The molecule has 1 N–H and O–H groups in total. The van der Waals surface area contributed by atoms with Crippen molar-refractivity contribution >= 4 is 46.1 Å². The van der Waals surface area contributed by atoms with Gasteiger partial charge < -0.3 is 14.5 Å². The predicted octanol–water partition coefficient (Wildman–Crippen LogP) is 3.81. The van der Waals surface area contributed by atoms with E-state index in [9.17, 15) is 14.4 Å². The lowest BCUT2D eigenvalue weighted by molar-refractivity contribution is -0.139. The number of rotatable bonds is 7. The molecule has 34 heavy (non-hydrogen) atoms. The first-order chi connectivity index (χ1) is 16.4. The lowest BCUT2D eigenvalue weighted by atomic mass is 10.00. The topological polar surface area (TPSA) is 91.8 Å². The van der Waals surface area contributed by atoms with Crippen LogP contribution in [0.15, 0.2) is 34.7 Å². The normalized spacial score (nSPS) is 16.2. The number of esters is 1. The maximum absolute atomic E-state index is 13.5. The van der Waals surface area contributed by atoms with Gasteiger partial charge in [0.15, 0.2) is 5.13 Å². The first kappa shape index (κ1) is 24.5. The van der Waals surface area contributed by atoms with Crippen molar-refractivity contribution in [2.75, 3.05) is 30.8 Å². The highest BCUT2D eigenvalue weighted by Crippen LogP contribution is 2.32. The minimum absolute atomic E-state index is 0.0625. The first-order valence-corrected chi connectivity index (χ1v) is 13.4. The van der Waals surface area contributed by atoms with Crippen LogP contribution in [0.2, 0.25) is 0 Å². The van der Waals surface area contributed by atoms with E-state index in [1.807, 2.05) is 21.9 Å². The second-order valence-electron chi connectivity index (χ2n) is 8.48. The van der Waals surface area contributed by atoms with Gasteiger partial charge in [0, 0.05) is 32.1 Å². The zero-order valence-electron chi connectivity index (χ0n) is 19.5. The molecular formula is C24H30N4O4S2. The third-order valence-corrected chi connectivity index (χ3v) is 8.38. The van der Waals surface area contributed by atoms with Crippen LogP contribution in [-0.4, -0.2) is 70.2 Å². The van der Waals surface area contributed by atoms with Crippen molar-refractivity contribution in [3.8, 4) is 0 Å². The number of thioether (sulfide) groups is 1. The van der Waals surface area contributed by atoms with Crippen molar-refractivity contribution in [1.82, 2.24) is 14.8 Å². The maximum atomic E-state index is 13.5. The maximum Gasteiger partial charge on any atom is 0.324 e. The third kappa shape index (κ3) is 5.90. The van der Waals surface area contributed by atoms with Crippen molar-refractivity contribution in [3.05, 3.63) is 41.6 Å². The number of nitrogens with zero attached hydrogens (tertiary/aromatic N) is 3. The van der Waals surface area contributed by atoms with Crippen LogP contribution < -0.4 is 5.32 Å². The Morgan fingerprint density at radius 3 is 2.47 bits per heavy atom. The Kier molecular flexibility index (Phi) is 8.10. The number of thiazole rings is 1. The molecule has 0 atom stereocenters. The van der Waals surface area contributed by atoms with Crippen molar-refractivity contribution in [3.63, 3.8) is 0 Å². The molecule has 1 fully saturated rings. The van der Waals surface area contributed by atoms with Crippen LogP contribution >= 0.6 is 23.1 Å². The van der Waals surface area contributed by atoms with Gasteiger partial charge in [-0.25, -0.2) is 9.78 Å². The number of nitrogens with one attached hydrogen (secondary N) is 1. The SMILES string of the molecule is CCOC(=O)CSc1cnc(NC(=O)N(C2CCN(C(C)=O)CC2)C2Cc3ccccc3C2)s1. The Morgan fingerprint density at radius 1 is 1.18 bits per heavy atom. The van der Waals surface area contributed by atoms with Gasteiger partial charge >= 0.3 is 12.0 Å². The number of piperidine rings is 1. The second-order valence-corrected chi connectivity index (χ2v) is 10.8. The molecule has 0 radical (unpaired) electrons. The number of fused-ring (bicyclic) bond motifs is 1. The summed E-state index contributed by atoms with van der Waals surface area (Å²) >= 11 is 2.70. The minimum Gasteiger partial charge on any atom is -0.465 e. The van der Waals surface area contributed by atoms with Crippen LogP contribution in [0.1, 0.15) is 37.8 Å². The molecular weight excluding hydrogens is 472 g/mol. The highest BCUT2D eigenvalue weighted by molar-refractivity contribution is 8.01. The van der Waals surface area contributed by atoms with Gasteiger partial charge in [0.25, 0.3) is 0 Å². The Morgan fingerprint density at radius 2 is 1.85 bits per heavy atom. The van der Waals surface area contributed by atoms with Crippen LogP contribution in [0.5, 0.6) is 0 Å². The van der Waals surface area contributed by atoms with E-state index in [1.54, 1.807) is 20.0 Å². The van der Waals surface area contributed by atoms with Crippen LogP contribution in [0.25, 0.3) is 0 Å². The Labute approximate surface area is 208 Å². The van der Waals surface area contributed by atoms with Gasteiger partial charge in [-0.05, 0) is 43.7 Å². The fraction of sp³-hybridized carbons (Fsp3) is 0.500. The molecule has 2 aliphatic rings. The number of carbonyl (C=O) groups is 3. The summed E-state index contributed by atoms with van der Waals surface area (Å²) in [5, 5.41) is 3.51. The number of benzene rings is 1. The van der Waals surface area contributed by atoms with E-state index in [1.165, 1.54) is 34.2 Å². The largest absolute Gasteiger partial charge is 0.465 e. The van der Waals surface area contributed by atoms with Gasteiger partial charge in [-0.2, -0.15) is 0 Å². The van der Waals surface area contributed by atoms with E-state index >= 15 is 0 Å². The van der Waals surface area contributed by atoms with Gasteiger partial charge in [0.05, 0.1) is 22.8 Å². The molecule has 1 saturated heterocycles. The number of hydrogen-bond donors (Lipinski definition) is 1. The molecule has 1 aromatic heterocycles. The quantitative estimate of drug-likeness (QED) is 0.457. The van der Waals surface area contributed by atoms with E-state index in [0.717, 1.165) is 29.9 Å². The van der Waals surface area contributed by atoms with Gasteiger partial charge in [-0.15, -0.1) is 11.8 Å². The number of ether oxygens (including phenoxy) is 1. The molecule has 0 saturated carbocycles. The molecule has 8 nitrogen and oxygen atoms in total. The van der Waals surface area contributed by atoms with Gasteiger partial charge in [-0.3, -0.25) is 14.9 Å². The zero-order chi connectivity index (χ0) is 24.1. The minimum atomic E-state index is -0.268. The standard InChI is InChI=1S/C24H30N4O4S2/c1-3-32-21(30)15-33-22-14-25-23(34-22)26-24(31)28(19-8-10-27(11-9-19)16(2)29)20-12-17-6-4-5-7-18(17)13-20/h4-7,14,19-20H,3,8-13,15H2,1-2H3,(H,25,26,31). The van der Waals surface area contributed by atoms with Gasteiger partial charge in [-0.1, -0.05) is 35.6 Å². The number of anilines is 1. The van der Waals surface area contributed by atoms with E-state index in [2.05, 4.69) is 22.4 Å². The Hall–Kier alpha value is -2.59. The smallest absolute Gasteiger partial charge is 0.324 e. The zero-order valence-corrected chi connectivity index (χ0v) is 21.1. The number of likely N-dealkylation sites (tertiary alicyclic amines) is 1. The average molecular weight is 503 g/mol. The molecule has 2 heterocycles. The van der Waals surface area contributed by atoms with E-state index < -0.39 is 0 Å². The summed E-state index contributed by atoms with van der Waals surface area (Å²) in [4.78, 5) is 45.1. The molecule has 10 heteroatoms. The molecule has 182 valence electrons. The number of aromatic nitrogens is 1. The fourth-order valence-corrected chi connectivity index (χ4v) is 6.35. The van der Waals surface area contributed by atoms with E-state index in [4.69, 9.17) is 4.74 Å². The van der Waals surface area contributed by atoms with Crippen LogP contribution in [0.4, 0.5) is 9.93 Å². The number of hydrogen-bond acceptors (Lipinski definition) is 7. The summed E-state index contributed by atoms with van der Waals surface area (Å²) in [5.41, 5.74) is 2.58. The molecule has 4 rings (SSSR count). The van der Waals surface area contributed by atoms with E-state index in [-0.39, 0.29) is 35.7 Å². The highest BCUT2D eigenvalue weighted by atomic mass is 32.2. The summed E-state index contributed by atoms with van der Waals surface area (Å²) in [6.07, 6.45) is 4.85. The predicted molar refractivity (Wildman–Crippen MR) is 133 cm³/mol. The molecule has 0 spiro atoms. The van der Waals surface area contributed by atoms with Crippen LogP contribution in [-0.2, 0) is 27.2 Å². The Bertz CT molecular complexity index is 1010. The average Bonchev–Trinajstić information content (AvgIpc) is 3.45. The lowest BCUT2D eigenvalue weighted by Gasteiger charge is -2.41. The van der Waals surface area contributed by atoms with Gasteiger partial charge in [0.2, 0.25) is 5.91 Å². The summed E-state index contributed by atoms with van der Waals surface area (Å²) in [6.45, 7) is 5.06. The third-order valence-electron chi connectivity index (χ3n) is 6.30. The number of amides is 3. The molecule has 0 unspecified atom stereocenters. The monoisotopic (exact) mass is 502 g/mol. The molecule has 0 bridgehead atoms. The first-order valence-electron chi connectivity index (χ1n) is 11.6. The summed E-state index contributed by atoms with van der Waals surface area (Å²) in [5.74, 6) is 0.0265. The molecule has 1 aliphatic heterocycles. The summed E-state index contributed by atoms with van der Waals surface area (Å²) < 4.78 is 5.81. The van der Waals surface area contributed by atoms with Gasteiger partial charge in [0.1, 0.15) is 0 Å². The van der Waals surface area contributed by atoms with Crippen molar-refractivity contribution in [2.24, 2.45) is 0 Å². The molecule has 1 aromatic carbocycles.